The summed E-state index contributed by atoms with van der Waals surface area (Å²) in [6.45, 7) is 4.05. The summed E-state index contributed by atoms with van der Waals surface area (Å²) in [6, 6.07) is 0. The van der Waals surface area contributed by atoms with E-state index in [1.54, 1.807) is 0 Å². The van der Waals surface area contributed by atoms with Crippen LogP contribution in [-0.2, 0) is 9.53 Å². The van der Waals surface area contributed by atoms with E-state index in [1.165, 1.54) is 0 Å². The minimum absolute atomic E-state index is 0.181. The third-order valence-electron chi connectivity index (χ3n) is 2.22. The van der Waals surface area contributed by atoms with Gasteiger partial charge in [0.05, 0.1) is 12.2 Å². The first-order chi connectivity index (χ1) is 5.76. The molecule has 1 aliphatic rings. The molecule has 68 valence electrons. The summed E-state index contributed by atoms with van der Waals surface area (Å²) in [5.74, 6) is 0. The number of allylic oxidation sites excluding steroid dienone is 1. The average Bonchev–Trinajstić information content (AvgIpc) is 2.47. The lowest BCUT2D eigenvalue weighted by Crippen LogP contribution is -2.05. The van der Waals surface area contributed by atoms with E-state index in [2.05, 4.69) is 6.92 Å². The van der Waals surface area contributed by atoms with E-state index in [-0.39, 0.29) is 6.10 Å². The van der Waals surface area contributed by atoms with Gasteiger partial charge in [0.25, 0.3) is 0 Å². The second-order valence-corrected chi connectivity index (χ2v) is 3.28. The minimum atomic E-state index is 0.181. The van der Waals surface area contributed by atoms with E-state index in [0.29, 0.717) is 6.10 Å². The Hall–Kier alpha value is -0.630. The third-order valence-corrected chi connectivity index (χ3v) is 2.22. The highest BCUT2D eigenvalue weighted by molar-refractivity contribution is 5.73. The van der Waals surface area contributed by atoms with Gasteiger partial charge in [0.1, 0.15) is 6.29 Å². The van der Waals surface area contributed by atoms with Crippen LogP contribution < -0.4 is 0 Å². The Kier molecular flexibility index (Phi) is 3.48. The van der Waals surface area contributed by atoms with Crippen LogP contribution in [-0.4, -0.2) is 18.5 Å². The van der Waals surface area contributed by atoms with Gasteiger partial charge in [-0.05, 0) is 37.8 Å². The van der Waals surface area contributed by atoms with Gasteiger partial charge in [0.15, 0.2) is 0 Å². The molecule has 0 bridgehead atoms. The van der Waals surface area contributed by atoms with Crippen LogP contribution in [0.5, 0.6) is 0 Å². The van der Waals surface area contributed by atoms with Gasteiger partial charge in [-0.3, -0.25) is 4.79 Å². The number of carbonyl (C=O) groups is 1. The zero-order valence-electron chi connectivity index (χ0n) is 7.75. The van der Waals surface area contributed by atoms with Gasteiger partial charge in [-0.1, -0.05) is 6.92 Å². The van der Waals surface area contributed by atoms with Crippen molar-refractivity contribution in [1.29, 1.82) is 0 Å². The molecular formula is C10H16O2. The Morgan fingerprint density at radius 1 is 1.58 bits per heavy atom. The Morgan fingerprint density at radius 3 is 2.75 bits per heavy atom. The van der Waals surface area contributed by atoms with Crippen LogP contribution in [0, 0.1) is 0 Å². The summed E-state index contributed by atoms with van der Waals surface area (Å²) in [5.41, 5.74) is 0.856. The maximum Gasteiger partial charge on any atom is 0.145 e. The smallest absolute Gasteiger partial charge is 0.145 e. The number of rotatable bonds is 3. The molecule has 0 aliphatic carbocycles. The standard InChI is InChI=1S/C10H16O2/c1-3-9(7-11)6-10-5-4-8(2)12-10/h6-8,10H,3-5H2,1-2H3/b9-6-. The number of aldehydes is 1. The monoisotopic (exact) mass is 168 g/mol. The summed E-state index contributed by atoms with van der Waals surface area (Å²) in [7, 11) is 0. The van der Waals surface area contributed by atoms with Crippen molar-refractivity contribution in [3.8, 4) is 0 Å². The largest absolute Gasteiger partial charge is 0.371 e. The van der Waals surface area contributed by atoms with E-state index in [9.17, 15) is 4.79 Å². The van der Waals surface area contributed by atoms with Crippen molar-refractivity contribution in [2.45, 2.75) is 45.3 Å². The van der Waals surface area contributed by atoms with Crippen molar-refractivity contribution in [1.82, 2.24) is 0 Å². The molecule has 2 nitrogen and oxygen atoms in total. The molecule has 0 aromatic rings. The molecule has 0 radical (unpaired) electrons. The lowest BCUT2D eigenvalue weighted by Gasteiger charge is -2.06. The van der Waals surface area contributed by atoms with Crippen LogP contribution in [0.4, 0.5) is 0 Å². The molecule has 0 aromatic carbocycles. The molecule has 12 heavy (non-hydrogen) atoms. The van der Waals surface area contributed by atoms with Gasteiger partial charge in [-0.15, -0.1) is 0 Å². The van der Waals surface area contributed by atoms with Crippen LogP contribution in [0.3, 0.4) is 0 Å². The summed E-state index contributed by atoms with van der Waals surface area (Å²) in [4.78, 5) is 10.5. The van der Waals surface area contributed by atoms with Crippen molar-refractivity contribution in [3.05, 3.63) is 11.6 Å². The second-order valence-electron chi connectivity index (χ2n) is 3.28. The van der Waals surface area contributed by atoms with E-state index in [4.69, 9.17) is 4.74 Å². The Bertz CT molecular complexity index is 184. The lowest BCUT2D eigenvalue weighted by molar-refractivity contribution is -0.105. The maximum atomic E-state index is 10.5. The van der Waals surface area contributed by atoms with Gasteiger partial charge < -0.3 is 4.74 Å². The highest BCUT2D eigenvalue weighted by Gasteiger charge is 2.19. The number of carbonyl (C=O) groups excluding carboxylic acids is 1. The highest BCUT2D eigenvalue weighted by Crippen LogP contribution is 2.21. The molecule has 1 rings (SSSR count). The molecule has 2 atom stereocenters. The van der Waals surface area contributed by atoms with E-state index < -0.39 is 0 Å². The van der Waals surface area contributed by atoms with Gasteiger partial charge in [0.2, 0.25) is 0 Å². The summed E-state index contributed by atoms with van der Waals surface area (Å²) < 4.78 is 5.56. The Morgan fingerprint density at radius 2 is 2.33 bits per heavy atom. The molecule has 2 heteroatoms. The molecule has 0 saturated carbocycles. The molecular weight excluding hydrogens is 152 g/mol. The van der Waals surface area contributed by atoms with Crippen LogP contribution in [0.1, 0.15) is 33.1 Å². The molecule has 1 fully saturated rings. The maximum absolute atomic E-state index is 10.5. The SMILES string of the molecule is CC/C(C=O)=C/C1CCC(C)O1. The van der Waals surface area contributed by atoms with Crippen molar-refractivity contribution in [3.63, 3.8) is 0 Å². The highest BCUT2D eigenvalue weighted by atomic mass is 16.5. The molecule has 0 N–H and O–H groups in total. The molecule has 1 saturated heterocycles. The van der Waals surface area contributed by atoms with Crippen LogP contribution in [0.25, 0.3) is 0 Å². The predicted molar refractivity (Wildman–Crippen MR) is 48.0 cm³/mol. The van der Waals surface area contributed by atoms with Crippen LogP contribution in [0.15, 0.2) is 11.6 Å². The number of hydrogen-bond donors (Lipinski definition) is 0. The molecule has 1 heterocycles. The molecule has 2 unspecified atom stereocenters. The predicted octanol–water partition coefficient (Wildman–Crippen LogP) is 2.09. The van der Waals surface area contributed by atoms with Crippen molar-refractivity contribution in [2.75, 3.05) is 0 Å². The first kappa shape index (κ1) is 9.46. The second kappa shape index (κ2) is 4.41. The summed E-state index contributed by atoms with van der Waals surface area (Å²) in [5, 5.41) is 0. The van der Waals surface area contributed by atoms with Gasteiger partial charge in [-0.2, -0.15) is 0 Å². The van der Waals surface area contributed by atoms with Gasteiger partial charge in [0, 0.05) is 0 Å². The average molecular weight is 168 g/mol. The molecule has 0 spiro atoms. The van der Waals surface area contributed by atoms with Gasteiger partial charge >= 0.3 is 0 Å². The number of ether oxygens (including phenoxy) is 1. The zero-order valence-corrected chi connectivity index (χ0v) is 7.75. The summed E-state index contributed by atoms with van der Waals surface area (Å²) in [6.07, 6.45) is 6.38. The van der Waals surface area contributed by atoms with E-state index in [0.717, 1.165) is 31.1 Å². The Labute approximate surface area is 73.6 Å². The molecule has 0 amide bonds. The first-order valence-corrected chi connectivity index (χ1v) is 4.57. The zero-order chi connectivity index (χ0) is 8.97. The van der Waals surface area contributed by atoms with Crippen molar-refractivity contribution >= 4 is 6.29 Å². The normalized spacial score (nSPS) is 30.7. The quantitative estimate of drug-likeness (QED) is 0.476. The molecule has 1 aliphatic heterocycles. The lowest BCUT2D eigenvalue weighted by atomic mass is 10.1. The topological polar surface area (TPSA) is 26.3 Å². The third kappa shape index (κ3) is 2.45. The van der Waals surface area contributed by atoms with Crippen molar-refractivity contribution < 1.29 is 9.53 Å². The minimum Gasteiger partial charge on any atom is -0.371 e. The van der Waals surface area contributed by atoms with Crippen molar-refractivity contribution in [2.24, 2.45) is 0 Å². The van der Waals surface area contributed by atoms with Crippen LogP contribution >= 0.6 is 0 Å². The van der Waals surface area contributed by atoms with Crippen LogP contribution in [0.2, 0.25) is 0 Å². The number of hydrogen-bond acceptors (Lipinski definition) is 2. The molecule has 0 aromatic heterocycles. The van der Waals surface area contributed by atoms with Gasteiger partial charge in [-0.25, -0.2) is 0 Å². The summed E-state index contributed by atoms with van der Waals surface area (Å²) >= 11 is 0. The fourth-order valence-electron chi connectivity index (χ4n) is 1.44. The van der Waals surface area contributed by atoms with E-state index >= 15 is 0 Å². The fraction of sp³-hybridized carbons (Fsp3) is 0.700. The first-order valence-electron chi connectivity index (χ1n) is 4.57. The Balaban J connectivity index is 2.48. The van der Waals surface area contributed by atoms with E-state index in [1.807, 2.05) is 13.0 Å². The fourth-order valence-corrected chi connectivity index (χ4v) is 1.44.